The number of aliphatic hydroxyl groups excluding tert-OH is 1. The molecule has 2 N–H and O–H groups in total. The Morgan fingerprint density at radius 2 is 1.63 bits per heavy atom. The maximum atomic E-state index is 12.5. The zero-order valence-electron chi connectivity index (χ0n) is 19.1. The van der Waals surface area contributed by atoms with Gasteiger partial charge in [-0.2, -0.15) is 16.8 Å². The standard InChI is InChI=1S/C20H26N2O11S2/c1-13-9-22(19(25)21-17(13)24)18-15(23)16(30-10-14-7-5-4-6-8-14)20(33-18,11-31-34(2,26)27)12-32-35(3,28)29/h4-9,15-16,18,23H,10-12H2,1-3H3,(H,21,24,25)/t15-,16-,18-/m1/s1. The molecule has 194 valence electrons. The van der Waals surface area contributed by atoms with Crippen LogP contribution in [-0.2, 0) is 44.7 Å². The van der Waals surface area contributed by atoms with Crippen molar-refractivity contribution in [3.63, 3.8) is 0 Å². The van der Waals surface area contributed by atoms with Crippen LogP contribution in [0.5, 0.6) is 0 Å². The normalized spacial score (nSPS) is 22.3. The minimum atomic E-state index is -4.05. The molecule has 0 spiro atoms. The van der Waals surface area contributed by atoms with Crippen LogP contribution in [0.2, 0.25) is 0 Å². The average Bonchev–Trinajstić information content (AvgIpc) is 3.04. The molecular formula is C20H26N2O11S2. The van der Waals surface area contributed by atoms with Crippen LogP contribution in [0.15, 0.2) is 46.1 Å². The van der Waals surface area contributed by atoms with Crippen LogP contribution in [0, 0.1) is 6.92 Å². The van der Waals surface area contributed by atoms with E-state index in [-0.39, 0.29) is 12.2 Å². The second-order valence-electron chi connectivity index (χ2n) is 8.19. The summed E-state index contributed by atoms with van der Waals surface area (Å²) < 4.78 is 69.5. The van der Waals surface area contributed by atoms with Crippen molar-refractivity contribution in [1.82, 2.24) is 9.55 Å². The highest BCUT2D eigenvalue weighted by Gasteiger charge is 2.58. The Bertz CT molecular complexity index is 1330. The van der Waals surface area contributed by atoms with E-state index in [9.17, 15) is 31.5 Å². The number of ether oxygens (including phenoxy) is 2. The first-order valence-electron chi connectivity index (χ1n) is 10.2. The number of hydrogen-bond donors (Lipinski definition) is 2. The van der Waals surface area contributed by atoms with Crippen molar-refractivity contribution in [1.29, 1.82) is 0 Å². The fourth-order valence-corrected chi connectivity index (χ4v) is 4.36. The third kappa shape index (κ3) is 6.84. The Labute approximate surface area is 201 Å². The Balaban J connectivity index is 2.07. The van der Waals surface area contributed by atoms with E-state index in [1.807, 2.05) is 0 Å². The van der Waals surface area contributed by atoms with Crippen molar-refractivity contribution in [3.05, 3.63) is 68.5 Å². The smallest absolute Gasteiger partial charge is 0.330 e. The fourth-order valence-electron chi connectivity index (χ4n) is 3.53. The lowest BCUT2D eigenvalue weighted by atomic mass is 9.96. The summed E-state index contributed by atoms with van der Waals surface area (Å²) in [5, 5.41) is 11.1. The third-order valence-electron chi connectivity index (χ3n) is 5.20. The van der Waals surface area contributed by atoms with Crippen LogP contribution in [0.4, 0.5) is 0 Å². The first-order valence-corrected chi connectivity index (χ1v) is 13.9. The largest absolute Gasteiger partial charge is 0.386 e. The van der Waals surface area contributed by atoms with Crippen molar-refractivity contribution in [3.8, 4) is 0 Å². The Morgan fingerprint density at radius 1 is 1.06 bits per heavy atom. The molecule has 3 atom stereocenters. The average molecular weight is 535 g/mol. The van der Waals surface area contributed by atoms with Gasteiger partial charge in [0.1, 0.15) is 31.0 Å². The number of nitrogens with one attached hydrogen (secondary N) is 1. The highest BCUT2D eigenvalue weighted by molar-refractivity contribution is 7.86. The van der Waals surface area contributed by atoms with Gasteiger partial charge in [-0.05, 0) is 12.5 Å². The zero-order chi connectivity index (χ0) is 26.0. The summed E-state index contributed by atoms with van der Waals surface area (Å²) in [6, 6.07) is 8.74. The lowest BCUT2D eigenvalue weighted by Crippen LogP contribution is -2.52. The molecule has 3 rings (SSSR count). The third-order valence-corrected chi connectivity index (χ3v) is 6.30. The highest BCUT2D eigenvalue weighted by Crippen LogP contribution is 2.40. The molecule has 1 aliphatic heterocycles. The van der Waals surface area contributed by atoms with E-state index in [0.29, 0.717) is 5.56 Å². The number of aryl methyl sites for hydroxylation is 1. The zero-order valence-corrected chi connectivity index (χ0v) is 20.7. The van der Waals surface area contributed by atoms with Gasteiger partial charge in [-0.3, -0.25) is 22.7 Å². The van der Waals surface area contributed by atoms with Gasteiger partial charge in [-0.1, -0.05) is 30.3 Å². The number of aromatic amines is 1. The predicted molar refractivity (Wildman–Crippen MR) is 122 cm³/mol. The van der Waals surface area contributed by atoms with E-state index < -0.39 is 68.7 Å². The summed E-state index contributed by atoms with van der Waals surface area (Å²) in [6.07, 6.45) is -1.87. The predicted octanol–water partition coefficient (Wildman–Crippen LogP) is -0.989. The van der Waals surface area contributed by atoms with Gasteiger partial charge in [0.15, 0.2) is 6.23 Å². The number of aromatic nitrogens is 2. The topological polar surface area (TPSA) is 180 Å². The molecule has 1 saturated heterocycles. The number of rotatable bonds is 10. The quantitative estimate of drug-likeness (QED) is 0.357. The molecule has 13 nitrogen and oxygen atoms in total. The monoisotopic (exact) mass is 534 g/mol. The molecule has 1 aromatic heterocycles. The minimum Gasteiger partial charge on any atom is -0.386 e. The minimum absolute atomic E-state index is 0.0856. The van der Waals surface area contributed by atoms with Crippen molar-refractivity contribution in [2.45, 2.75) is 37.6 Å². The number of hydrogen-bond acceptors (Lipinski definition) is 11. The van der Waals surface area contributed by atoms with Gasteiger partial charge in [0.05, 0.1) is 19.1 Å². The molecule has 0 amide bonds. The molecule has 0 radical (unpaired) electrons. The van der Waals surface area contributed by atoms with Gasteiger partial charge in [0, 0.05) is 11.8 Å². The van der Waals surface area contributed by atoms with Crippen molar-refractivity contribution in [2.75, 3.05) is 25.7 Å². The number of nitrogens with zero attached hydrogens (tertiary/aromatic N) is 1. The molecule has 2 heterocycles. The molecule has 0 unspecified atom stereocenters. The van der Waals surface area contributed by atoms with Crippen LogP contribution in [0.25, 0.3) is 0 Å². The first kappa shape index (κ1) is 27.2. The SMILES string of the molecule is Cc1cn([C@@H]2OC(COS(C)(=O)=O)(COS(C)(=O)=O)[C@H](OCc3ccccc3)[C@H]2O)c(=O)[nH]c1=O. The van der Waals surface area contributed by atoms with E-state index in [1.54, 1.807) is 30.3 Å². The summed E-state index contributed by atoms with van der Waals surface area (Å²) >= 11 is 0. The van der Waals surface area contributed by atoms with Crippen LogP contribution in [-0.4, -0.2) is 75.0 Å². The summed E-state index contributed by atoms with van der Waals surface area (Å²) in [5.74, 6) is 0. The van der Waals surface area contributed by atoms with Gasteiger partial charge in [-0.25, -0.2) is 4.79 Å². The lowest BCUT2D eigenvalue weighted by Gasteiger charge is -2.33. The Hall–Kier alpha value is -2.40. The Kier molecular flexibility index (Phi) is 8.00. The van der Waals surface area contributed by atoms with Gasteiger partial charge >= 0.3 is 5.69 Å². The molecular weight excluding hydrogens is 508 g/mol. The summed E-state index contributed by atoms with van der Waals surface area (Å²) in [4.78, 5) is 26.4. The molecule has 1 aliphatic rings. The van der Waals surface area contributed by atoms with E-state index in [4.69, 9.17) is 17.8 Å². The second-order valence-corrected chi connectivity index (χ2v) is 11.5. The van der Waals surface area contributed by atoms with Crippen molar-refractivity contribution < 1.29 is 39.8 Å². The van der Waals surface area contributed by atoms with Crippen LogP contribution >= 0.6 is 0 Å². The van der Waals surface area contributed by atoms with E-state index in [1.165, 1.54) is 6.92 Å². The van der Waals surface area contributed by atoms with E-state index >= 15 is 0 Å². The van der Waals surface area contributed by atoms with Crippen molar-refractivity contribution in [2.24, 2.45) is 0 Å². The molecule has 1 aromatic carbocycles. The molecule has 35 heavy (non-hydrogen) atoms. The fraction of sp³-hybridized carbons (Fsp3) is 0.500. The highest BCUT2D eigenvalue weighted by atomic mass is 32.2. The summed E-state index contributed by atoms with van der Waals surface area (Å²) in [6.45, 7) is -0.263. The van der Waals surface area contributed by atoms with Crippen LogP contribution in [0.1, 0.15) is 17.4 Å². The number of benzene rings is 1. The summed E-state index contributed by atoms with van der Waals surface area (Å²) in [5.41, 5.74) is -2.76. The Morgan fingerprint density at radius 3 is 2.17 bits per heavy atom. The van der Waals surface area contributed by atoms with Gasteiger partial charge in [0.25, 0.3) is 25.8 Å². The molecule has 1 fully saturated rings. The molecule has 0 aliphatic carbocycles. The van der Waals surface area contributed by atoms with Crippen LogP contribution < -0.4 is 11.2 Å². The van der Waals surface area contributed by atoms with Gasteiger partial charge in [-0.15, -0.1) is 0 Å². The van der Waals surface area contributed by atoms with Crippen molar-refractivity contribution >= 4 is 20.2 Å². The lowest BCUT2D eigenvalue weighted by molar-refractivity contribution is -0.154. The van der Waals surface area contributed by atoms with E-state index in [0.717, 1.165) is 23.3 Å². The van der Waals surface area contributed by atoms with Gasteiger partial charge < -0.3 is 14.6 Å². The summed E-state index contributed by atoms with van der Waals surface area (Å²) in [7, 11) is -8.10. The molecule has 15 heteroatoms. The first-order chi connectivity index (χ1) is 16.2. The number of H-pyrrole nitrogens is 1. The van der Waals surface area contributed by atoms with Crippen LogP contribution in [0.3, 0.4) is 0 Å². The maximum Gasteiger partial charge on any atom is 0.330 e. The molecule has 2 aromatic rings. The number of aliphatic hydroxyl groups is 1. The van der Waals surface area contributed by atoms with Gasteiger partial charge in [0.2, 0.25) is 0 Å². The molecule has 0 saturated carbocycles. The second kappa shape index (κ2) is 10.3. The molecule has 0 bridgehead atoms. The maximum absolute atomic E-state index is 12.5. The van der Waals surface area contributed by atoms with E-state index in [2.05, 4.69) is 4.98 Å².